The van der Waals surface area contributed by atoms with Gasteiger partial charge in [0.2, 0.25) is 0 Å². The van der Waals surface area contributed by atoms with Gasteiger partial charge in [0.1, 0.15) is 5.82 Å². The standard InChI is InChI=1S/C14H17FO2S/c1-14(2,3)18-9-11-6-10(4-5-13(16)17)7-12(15)8-11/h4-8H,9H2,1-3H3,(H,16,17). The molecule has 0 fully saturated rings. The van der Waals surface area contributed by atoms with Gasteiger partial charge < -0.3 is 5.11 Å². The maximum absolute atomic E-state index is 13.4. The van der Waals surface area contributed by atoms with E-state index in [0.29, 0.717) is 11.3 Å². The van der Waals surface area contributed by atoms with Crippen molar-refractivity contribution in [3.63, 3.8) is 0 Å². The Morgan fingerprint density at radius 3 is 2.61 bits per heavy atom. The van der Waals surface area contributed by atoms with E-state index < -0.39 is 5.97 Å². The van der Waals surface area contributed by atoms with Crippen LogP contribution in [0.4, 0.5) is 4.39 Å². The Kier molecular flexibility index (Phi) is 4.96. The number of hydrogen-bond acceptors (Lipinski definition) is 2. The summed E-state index contributed by atoms with van der Waals surface area (Å²) < 4.78 is 13.5. The Balaban J connectivity index is 2.84. The zero-order valence-corrected chi connectivity index (χ0v) is 11.6. The number of carbonyl (C=O) groups is 1. The molecule has 1 aromatic carbocycles. The second-order valence-electron chi connectivity index (χ2n) is 4.97. The molecule has 98 valence electrons. The monoisotopic (exact) mass is 268 g/mol. The molecule has 0 heterocycles. The summed E-state index contributed by atoms with van der Waals surface area (Å²) in [6, 6.07) is 4.61. The van der Waals surface area contributed by atoms with Crippen molar-refractivity contribution in [3.05, 3.63) is 41.2 Å². The molecular weight excluding hydrogens is 251 g/mol. The van der Waals surface area contributed by atoms with Crippen molar-refractivity contribution in [1.82, 2.24) is 0 Å². The predicted molar refractivity (Wildman–Crippen MR) is 74.1 cm³/mol. The zero-order chi connectivity index (χ0) is 13.8. The van der Waals surface area contributed by atoms with Crippen LogP contribution >= 0.6 is 11.8 Å². The first-order valence-electron chi connectivity index (χ1n) is 5.61. The highest BCUT2D eigenvalue weighted by atomic mass is 32.2. The Morgan fingerprint density at radius 2 is 2.06 bits per heavy atom. The Morgan fingerprint density at radius 1 is 1.39 bits per heavy atom. The predicted octanol–water partition coefficient (Wildman–Crippen LogP) is 3.96. The molecule has 0 saturated carbocycles. The fourth-order valence-electron chi connectivity index (χ4n) is 1.32. The number of hydrogen-bond donors (Lipinski definition) is 1. The molecule has 0 bridgehead atoms. The quantitative estimate of drug-likeness (QED) is 0.840. The molecule has 0 aliphatic rings. The molecule has 0 atom stereocenters. The van der Waals surface area contributed by atoms with Gasteiger partial charge in [0, 0.05) is 16.6 Å². The third kappa shape index (κ3) is 5.87. The molecule has 0 radical (unpaired) electrons. The van der Waals surface area contributed by atoms with Crippen LogP contribution in [0.5, 0.6) is 0 Å². The van der Waals surface area contributed by atoms with Crippen LogP contribution in [0.2, 0.25) is 0 Å². The van der Waals surface area contributed by atoms with Crippen LogP contribution in [0.15, 0.2) is 24.3 Å². The topological polar surface area (TPSA) is 37.3 Å². The van der Waals surface area contributed by atoms with Gasteiger partial charge in [-0.2, -0.15) is 11.8 Å². The number of aliphatic carboxylic acids is 1. The van der Waals surface area contributed by atoms with Crippen LogP contribution in [0.3, 0.4) is 0 Å². The van der Waals surface area contributed by atoms with Crippen molar-refractivity contribution in [2.75, 3.05) is 0 Å². The third-order valence-electron chi connectivity index (χ3n) is 2.07. The summed E-state index contributed by atoms with van der Waals surface area (Å²) in [6.07, 6.45) is 2.41. The van der Waals surface area contributed by atoms with Crippen molar-refractivity contribution in [2.24, 2.45) is 0 Å². The number of thioether (sulfide) groups is 1. The molecule has 0 spiro atoms. The van der Waals surface area contributed by atoms with Gasteiger partial charge in [-0.05, 0) is 29.3 Å². The highest BCUT2D eigenvalue weighted by Crippen LogP contribution is 2.27. The molecule has 2 nitrogen and oxygen atoms in total. The highest BCUT2D eigenvalue weighted by molar-refractivity contribution is 7.99. The minimum Gasteiger partial charge on any atom is -0.478 e. The smallest absolute Gasteiger partial charge is 0.328 e. The fraction of sp³-hybridized carbons (Fsp3) is 0.357. The molecular formula is C14H17FO2S. The van der Waals surface area contributed by atoms with E-state index in [2.05, 4.69) is 20.8 Å². The van der Waals surface area contributed by atoms with E-state index in [4.69, 9.17) is 5.11 Å². The molecule has 18 heavy (non-hydrogen) atoms. The lowest BCUT2D eigenvalue weighted by molar-refractivity contribution is -0.131. The average molecular weight is 268 g/mol. The average Bonchev–Trinajstić information content (AvgIpc) is 2.22. The maximum Gasteiger partial charge on any atom is 0.328 e. The lowest BCUT2D eigenvalue weighted by atomic mass is 10.1. The molecule has 1 rings (SSSR count). The molecule has 4 heteroatoms. The van der Waals surface area contributed by atoms with Gasteiger partial charge in [0.15, 0.2) is 0 Å². The molecule has 0 saturated heterocycles. The van der Waals surface area contributed by atoms with Crippen molar-refractivity contribution in [1.29, 1.82) is 0 Å². The van der Waals surface area contributed by atoms with Gasteiger partial charge in [0.05, 0.1) is 0 Å². The van der Waals surface area contributed by atoms with Crippen LogP contribution in [0.25, 0.3) is 6.08 Å². The summed E-state index contributed by atoms with van der Waals surface area (Å²) in [7, 11) is 0. The van der Waals surface area contributed by atoms with Gasteiger partial charge in [0.25, 0.3) is 0 Å². The van der Waals surface area contributed by atoms with Crippen molar-refractivity contribution >= 4 is 23.8 Å². The van der Waals surface area contributed by atoms with Crippen LogP contribution < -0.4 is 0 Å². The van der Waals surface area contributed by atoms with Gasteiger partial charge in [-0.15, -0.1) is 0 Å². The molecule has 1 aromatic rings. The summed E-state index contributed by atoms with van der Waals surface area (Å²) in [4.78, 5) is 10.4. The number of halogens is 1. The van der Waals surface area contributed by atoms with Crippen molar-refractivity contribution < 1.29 is 14.3 Å². The van der Waals surface area contributed by atoms with Crippen LogP contribution in [0.1, 0.15) is 31.9 Å². The van der Waals surface area contributed by atoms with E-state index in [0.717, 1.165) is 11.6 Å². The first-order valence-corrected chi connectivity index (χ1v) is 6.59. The summed E-state index contributed by atoms with van der Waals surface area (Å²) in [5.41, 5.74) is 1.43. The van der Waals surface area contributed by atoms with E-state index in [1.807, 2.05) is 0 Å². The lowest BCUT2D eigenvalue weighted by Gasteiger charge is -2.17. The van der Waals surface area contributed by atoms with E-state index in [-0.39, 0.29) is 10.6 Å². The largest absolute Gasteiger partial charge is 0.478 e. The van der Waals surface area contributed by atoms with Gasteiger partial charge in [-0.1, -0.05) is 26.8 Å². The van der Waals surface area contributed by atoms with Crippen LogP contribution in [0, 0.1) is 5.82 Å². The SMILES string of the molecule is CC(C)(C)SCc1cc(F)cc(C=CC(=O)O)c1. The molecule has 0 aromatic heterocycles. The third-order valence-corrected chi connectivity index (χ3v) is 3.41. The lowest BCUT2D eigenvalue weighted by Crippen LogP contribution is -2.07. The van der Waals surface area contributed by atoms with E-state index in [9.17, 15) is 9.18 Å². The number of carboxylic acids is 1. The van der Waals surface area contributed by atoms with E-state index >= 15 is 0 Å². The first-order chi connectivity index (χ1) is 8.26. The zero-order valence-electron chi connectivity index (χ0n) is 10.7. The highest BCUT2D eigenvalue weighted by Gasteiger charge is 2.11. The van der Waals surface area contributed by atoms with Gasteiger partial charge in [-0.25, -0.2) is 9.18 Å². The number of carboxylic acid groups (broad SMARTS) is 1. The Bertz CT molecular complexity index is 461. The van der Waals surface area contributed by atoms with Crippen molar-refractivity contribution in [3.8, 4) is 0 Å². The minimum absolute atomic E-state index is 0.114. The second-order valence-corrected chi connectivity index (χ2v) is 6.77. The first kappa shape index (κ1) is 14.8. The molecule has 0 aliphatic heterocycles. The summed E-state index contributed by atoms with van der Waals surface area (Å²) in [6.45, 7) is 6.30. The second kappa shape index (κ2) is 6.05. The molecule has 0 unspecified atom stereocenters. The van der Waals surface area contributed by atoms with Gasteiger partial charge in [-0.3, -0.25) is 0 Å². The summed E-state index contributed by atoms with van der Waals surface area (Å²) in [5.74, 6) is -0.674. The van der Waals surface area contributed by atoms with Crippen LogP contribution in [-0.2, 0) is 10.5 Å². The van der Waals surface area contributed by atoms with E-state index in [1.54, 1.807) is 17.8 Å². The molecule has 0 amide bonds. The normalized spacial score (nSPS) is 12.0. The Labute approximate surface area is 111 Å². The number of rotatable bonds is 4. The number of benzene rings is 1. The maximum atomic E-state index is 13.4. The fourth-order valence-corrected chi connectivity index (χ4v) is 2.09. The minimum atomic E-state index is -1.04. The van der Waals surface area contributed by atoms with Crippen molar-refractivity contribution in [2.45, 2.75) is 31.3 Å². The van der Waals surface area contributed by atoms with E-state index in [1.165, 1.54) is 18.2 Å². The molecule has 0 aliphatic carbocycles. The van der Waals surface area contributed by atoms with Gasteiger partial charge >= 0.3 is 5.97 Å². The summed E-state index contributed by atoms with van der Waals surface area (Å²) >= 11 is 1.72. The summed E-state index contributed by atoms with van der Waals surface area (Å²) in [5, 5.41) is 8.54. The molecule has 1 N–H and O–H groups in total. The van der Waals surface area contributed by atoms with Crippen LogP contribution in [-0.4, -0.2) is 15.8 Å². The Hall–Kier alpha value is -1.29.